The zero-order chi connectivity index (χ0) is 12.6. The summed E-state index contributed by atoms with van der Waals surface area (Å²) in [6.45, 7) is 0. The second-order valence-electron chi connectivity index (χ2n) is 4.02. The third-order valence-corrected chi connectivity index (χ3v) is 2.84. The summed E-state index contributed by atoms with van der Waals surface area (Å²) in [6.07, 6.45) is 0.716. The van der Waals surface area contributed by atoms with Crippen molar-refractivity contribution in [2.24, 2.45) is 11.1 Å². The molecule has 1 fully saturated rings. The summed E-state index contributed by atoms with van der Waals surface area (Å²) in [5, 5.41) is 2.24. The molecule has 1 saturated carbocycles. The van der Waals surface area contributed by atoms with Crippen LogP contribution < -0.4 is 11.1 Å². The van der Waals surface area contributed by atoms with Gasteiger partial charge in [0, 0.05) is 6.07 Å². The maximum atomic E-state index is 13.2. The van der Waals surface area contributed by atoms with Crippen LogP contribution in [0.5, 0.6) is 0 Å². The van der Waals surface area contributed by atoms with Crippen LogP contribution in [-0.2, 0) is 9.59 Å². The normalized spacial score (nSPS) is 16.4. The Morgan fingerprint density at radius 2 is 1.94 bits per heavy atom. The predicted molar refractivity (Wildman–Crippen MR) is 55.8 cm³/mol. The Bertz CT molecular complexity index is 498. The van der Waals surface area contributed by atoms with Gasteiger partial charge in [0.2, 0.25) is 11.8 Å². The number of carbonyl (C=O) groups is 2. The van der Waals surface area contributed by atoms with Gasteiger partial charge in [-0.15, -0.1) is 0 Å². The highest BCUT2D eigenvalue weighted by atomic mass is 19.1. The van der Waals surface area contributed by atoms with Crippen LogP contribution >= 0.6 is 0 Å². The van der Waals surface area contributed by atoms with E-state index in [1.807, 2.05) is 0 Å². The number of carbonyl (C=O) groups excluding carboxylic acids is 2. The molecule has 17 heavy (non-hydrogen) atoms. The standard InChI is InChI=1S/C11H10F2N2O2/c12-6-1-2-8(7(13)5-6)15-10(17)11(3-4-11)9(14)16/h1-2,5H,3-4H2,(H2,14,16)(H,15,17). The van der Waals surface area contributed by atoms with Crippen LogP contribution in [-0.4, -0.2) is 11.8 Å². The van der Waals surface area contributed by atoms with Gasteiger partial charge in [0.05, 0.1) is 5.69 Å². The molecule has 0 atom stereocenters. The van der Waals surface area contributed by atoms with Crippen LogP contribution in [0.25, 0.3) is 0 Å². The van der Waals surface area contributed by atoms with Crippen LogP contribution in [0.4, 0.5) is 14.5 Å². The fraction of sp³-hybridized carbons (Fsp3) is 0.273. The first kappa shape index (κ1) is 11.5. The number of hydrogen-bond acceptors (Lipinski definition) is 2. The molecule has 1 aliphatic rings. The van der Waals surface area contributed by atoms with E-state index >= 15 is 0 Å². The van der Waals surface area contributed by atoms with Gasteiger partial charge in [-0.3, -0.25) is 9.59 Å². The van der Waals surface area contributed by atoms with Crippen LogP contribution in [0.15, 0.2) is 18.2 Å². The van der Waals surface area contributed by atoms with Crippen LogP contribution in [0.1, 0.15) is 12.8 Å². The second kappa shape index (κ2) is 3.80. The minimum atomic E-state index is -1.22. The van der Waals surface area contributed by atoms with Crippen LogP contribution in [0, 0.1) is 17.0 Å². The van der Waals surface area contributed by atoms with Gasteiger partial charge >= 0.3 is 0 Å². The Kier molecular flexibility index (Phi) is 2.57. The smallest absolute Gasteiger partial charge is 0.240 e. The molecule has 90 valence electrons. The Hall–Kier alpha value is -1.98. The van der Waals surface area contributed by atoms with Crippen molar-refractivity contribution in [3.05, 3.63) is 29.8 Å². The first-order valence-corrected chi connectivity index (χ1v) is 5.02. The molecule has 0 saturated heterocycles. The zero-order valence-electron chi connectivity index (χ0n) is 8.80. The molecule has 1 aliphatic carbocycles. The summed E-state index contributed by atoms with van der Waals surface area (Å²) < 4.78 is 25.9. The van der Waals surface area contributed by atoms with Crippen LogP contribution in [0.2, 0.25) is 0 Å². The zero-order valence-corrected chi connectivity index (χ0v) is 8.80. The number of primary amides is 1. The number of hydrogen-bond donors (Lipinski definition) is 2. The fourth-order valence-electron chi connectivity index (χ4n) is 1.54. The average molecular weight is 240 g/mol. The third kappa shape index (κ3) is 1.98. The lowest BCUT2D eigenvalue weighted by Crippen LogP contribution is -2.36. The highest BCUT2D eigenvalue weighted by Gasteiger charge is 2.55. The van der Waals surface area contributed by atoms with Gasteiger partial charge in [-0.1, -0.05) is 0 Å². The molecule has 2 rings (SSSR count). The molecule has 4 nitrogen and oxygen atoms in total. The molecule has 6 heteroatoms. The first-order chi connectivity index (χ1) is 7.95. The first-order valence-electron chi connectivity index (χ1n) is 5.02. The van der Waals surface area contributed by atoms with E-state index in [2.05, 4.69) is 5.32 Å². The second-order valence-corrected chi connectivity index (χ2v) is 4.02. The lowest BCUT2D eigenvalue weighted by Gasteiger charge is -2.12. The summed E-state index contributed by atoms with van der Waals surface area (Å²) in [5.74, 6) is -3.00. The summed E-state index contributed by atoms with van der Waals surface area (Å²) in [4.78, 5) is 22.8. The van der Waals surface area contributed by atoms with Crippen molar-refractivity contribution in [3.8, 4) is 0 Å². The minimum absolute atomic E-state index is 0.163. The molecular formula is C11H10F2N2O2. The SMILES string of the molecule is NC(=O)C1(C(=O)Nc2ccc(F)cc2F)CC1. The number of amides is 2. The molecule has 0 spiro atoms. The van der Waals surface area contributed by atoms with E-state index in [9.17, 15) is 18.4 Å². The van der Waals surface area contributed by atoms with Crippen molar-refractivity contribution < 1.29 is 18.4 Å². The highest BCUT2D eigenvalue weighted by Crippen LogP contribution is 2.46. The Morgan fingerprint density at radius 1 is 1.29 bits per heavy atom. The van der Waals surface area contributed by atoms with E-state index in [1.165, 1.54) is 0 Å². The Labute approximate surface area is 95.8 Å². The minimum Gasteiger partial charge on any atom is -0.369 e. The summed E-state index contributed by atoms with van der Waals surface area (Å²) in [6, 6.07) is 2.77. The maximum absolute atomic E-state index is 13.2. The largest absolute Gasteiger partial charge is 0.369 e. The predicted octanol–water partition coefficient (Wildman–Crippen LogP) is 1.17. The lowest BCUT2D eigenvalue weighted by atomic mass is 10.1. The van der Waals surface area contributed by atoms with E-state index in [1.54, 1.807) is 0 Å². The molecule has 2 amide bonds. The van der Waals surface area contributed by atoms with Crippen molar-refractivity contribution >= 4 is 17.5 Å². The maximum Gasteiger partial charge on any atom is 0.240 e. The molecule has 0 unspecified atom stereocenters. The molecule has 3 N–H and O–H groups in total. The fourth-order valence-corrected chi connectivity index (χ4v) is 1.54. The Balaban J connectivity index is 2.17. The van der Waals surface area contributed by atoms with Crippen molar-refractivity contribution in [2.75, 3.05) is 5.32 Å². The topological polar surface area (TPSA) is 72.2 Å². The van der Waals surface area contributed by atoms with Gasteiger partial charge in [0.25, 0.3) is 0 Å². The molecule has 0 bridgehead atoms. The van der Waals surface area contributed by atoms with Crippen LogP contribution in [0.3, 0.4) is 0 Å². The monoisotopic (exact) mass is 240 g/mol. The average Bonchev–Trinajstić information content (AvgIpc) is 3.02. The van der Waals surface area contributed by atoms with E-state index < -0.39 is 28.9 Å². The number of anilines is 1. The Morgan fingerprint density at radius 3 is 2.41 bits per heavy atom. The third-order valence-electron chi connectivity index (χ3n) is 2.84. The molecular weight excluding hydrogens is 230 g/mol. The van der Waals surface area contributed by atoms with E-state index in [4.69, 9.17) is 5.73 Å². The van der Waals surface area contributed by atoms with E-state index in [-0.39, 0.29) is 5.69 Å². The van der Waals surface area contributed by atoms with Crippen molar-refractivity contribution in [2.45, 2.75) is 12.8 Å². The van der Waals surface area contributed by atoms with Gasteiger partial charge in [-0.05, 0) is 25.0 Å². The molecule has 0 aromatic heterocycles. The van der Waals surface area contributed by atoms with E-state index in [0.29, 0.717) is 18.9 Å². The highest BCUT2D eigenvalue weighted by molar-refractivity contribution is 6.12. The van der Waals surface area contributed by atoms with E-state index in [0.717, 1.165) is 12.1 Å². The number of halogens is 2. The summed E-state index contributed by atoms with van der Waals surface area (Å²) in [5.41, 5.74) is 3.71. The molecule has 0 heterocycles. The summed E-state index contributed by atoms with van der Waals surface area (Å²) >= 11 is 0. The quantitative estimate of drug-likeness (QED) is 0.778. The van der Waals surface area contributed by atoms with Crippen molar-refractivity contribution in [1.29, 1.82) is 0 Å². The molecule has 1 aromatic rings. The molecule has 1 aromatic carbocycles. The lowest BCUT2D eigenvalue weighted by molar-refractivity contribution is -0.132. The summed E-state index contributed by atoms with van der Waals surface area (Å²) in [7, 11) is 0. The molecule has 0 radical (unpaired) electrons. The van der Waals surface area contributed by atoms with Crippen molar-refractivity contribution in [1.82, 2.24) is 0 Å². The van der Waals surface area contributed by atoms with Gasteiger partial charge in [0.15, 0.2) is 0 Å². The van der Waals surface area contributed by atoms with Gasteiger partial charge in [-0.2, -0.15) is 0 Å². The van der Waals surface area contributed by atoms with Gasteiger partial charge in [-0.25, -0.2) is 8.78 Å². The number of nitrogens with two attached hydrogens (primary N) is 1. The van der Waals surface area contributed by atoms with Gasteiger partial charge in [0.1, 0.15) is 17.0 Å². The number of benzene rings is 1. The van der Waals surface area contributed by atoms with Crippen molar-refractivity contribution in [3.63, 3.8) is 0 Å². The number of nitrogens with one attached hydrogen (secondary N) is 1. The number of rotatable bonds is 3. The molecule has 0 aliphatic heterocycles. The van der Waals surface area contributed by atoms with Gasteiger partial charge < -0.3 is 11.1 Å².